The van der Waals surface area contributed by atoms with Crippen molar-refractivity contribution < 1.29 is 22.3 Å². The summed E-state index contributed by atoms with van der Waals surface area (Å²) in [6.07, 6.45) is -2.32. The molecule has 0 N–H and O–H groups in total. The van der Waals surface area contributed by atoms with Gasteiger partial charge in [-0.15, -0.1) is 0 Å². The van der Waals surface area contributed by atoms with Crippen molar-refractivity contribution in [3.63, 3.8) is 0 Å². The Balaban J connectivity index is 1.53. The van der Waals surface area contributed by atoms with Crippen molar-refractivity contribution >= 4 is 43.3 Å². The first-order valence-electron chi connectivity index (χ1n) is 14.4. The number of hydrogen-bond acceptors (Lipinski definition) is 3. The van der Waals surface area contributed by atoms with E-state index in [1.807, 2.05) is 69.9 Å². The molecule has 0 aliphatic heterocycles. The molecule has 0 heterocycles. The van der Waals surface area contributed by atoms with Crippen LogP contribution in [0.3, 0.4) is 0 Å². The Kier molecular flexibility index (Phi) is 12.6. The molecule has 43 heavy (non-hydrogen) atoms. The molecule has 3 aromatic rings. The van der Waals surface area contributed by atoms with Crippen LogP contribution in [0.5, 0.6) is 5.75 Å². The molecular weight excluding hydrogens is 628 g/mol. The van der Waals surface area contributed by atoms with Gasteiger partial charge in [0.25, 0.3) is 0 Å². The summed E-state index contributed by atoms with van der Waals surface area (Å²) in [5, 5.41) is 1.46. The summed E-state index contributed by atoms with van der Waals surface area (Å²) in [6.45, 7) is 12.1. The molecule has 0 aromatic heterocycles. The van der Waals surface area contributed by atoms with E-state index in [2.05, 4.69) is 31.2 Å². The minimum atomic E-state index is -4.53. The van der Waals surface area contributed by atoms with E-state index in [1.165, 1.54) is 11.1 Å². The summed E-state index contributed by atoms with van der Waals surface area (Å²) >= 11 is 14.1. The van der Waals surface area contributed by atoms with Gasteiger partial charge in [-0.25, -0.2) is 0 Å². The highest BCUT2D eigenvalue weighted by Crippen LogP contribution is 2.41. The molecule has 0 aliphatic rings. The van der Waals surface area contributed by atoms with Gasteiger partial charge in [-0.1, -0.05) is 87.3 Å². The molecule has 0 fully saturated rings. The molecule has 3 rings (SSSR count). The Hall–Kier alpha value is -2.06. The molecule has 0 saturated heterocycles. The summed E-state index contributed by atoms with van der Waals surface area (Å²) in [4.78, 5) is 0. The second kappa shape index (κ2) is 15.3. The van der Waals surface area contributed by atoms with Crippen LogP contribution in [-0.4, -0.2) is 32.1 Å². The van der Waals surface area contributed by atoms with Crippen molar-refractivity contribution in [1.29, 1.82) is 0 Å². The van der Waals surface area contributed by atoms with Crippen LogP contribution in [0.25, 0.3) is 0 Å². The maximum absolute atomic E-state index is 13.7. The topological polar surface area (TPSA) is 18.5 Å². The van der Waals surface area contributed by atoms with E-state index in [0.717, 1.165) is 23.8 Å². The number of rotatable bonds is 13. The van der Waals surface area contributed by atoms with Gasteiger partial charge < -0.3 is 9.16 Å². The fourth-order valence-corrected chi connectivity index (χ4v) is 6.46. The second-order valence-corrected chi connectivity index (χ2v) is 19.3. The molecule has 1 unspecified atom stereocenters. The smallest absolute Gasteiger partial charge is 0.447 e. The average molecular weight is 670 g/mol. The van der Waals surface area contributed by atoms with E-state index < -0.39 is 20.3 Å². The SMILES string of the molecule is CC(CC(c1ccc(Cl)cc1)c1ccc(Cl)cc1)SCCOc1ccc(CC=C(O[Si](C)(C)C(C)(C)C)C(F)(F)F)cc1. The van der Waals surface area contributed by atoms with E-state index >= 15 is 0 Å². The maximum Gasteiger partial charge on any atom is 0.447 e. The Labute approximate surface area is 270 Å². The van der Waals surface area contributed by atoms with Crippen molar-refractivity contribution in [2.24, 2.45) is 0 Å². The number of thioether (sulfide) groups is 1. The lowest BCUT2D eigenvalue weighted by Crippen LogP contribution is -2.42. The lowest BCUT2D eigenvalue weighted by Gasteiger charge is -2.37. The van der Waals surface area contributed by atoms with Crippen LogP contribution in [0.4, 0.5) is 13.2 Å². The zero-order valence-corrected chi connectivity index (χ0v) is 28.9. The van der Waals surface area contributed by atoms with Gasteiger partial charge in [0.15, 0.2) is 5.76 Å². The second-order valence-electron chi connectivity index (χ2n) is 12.2. The number of hydrogen-bond donors (Lipinski definition) is 0. The lowest BCUT2D eigenvalue weighted by atomic mass is 9.87. The number of halogens is 5. The molecule has 0 radical (unpaired) electrons. The van der Waals surface area contributed by atoms with Crippen LogP contribution in [0.15, 0.2) is 84.6 Å². The van der Waals surface area contributed by atoms with Crippen molar-refractivity contribution in [2.75, 3.05) is 12.4 Å². The zero-order chi connectivity index (χ0) is 31.8. The Morgan fingerprint density at radius 3 is 1.84 bits per heavy atom. The van der Waals surface area contributed by atoms with E-state index in [0.29, 0.717) is 27.7 Å². The Morgan fingerprint density at radius 1 is 0.860 bits per heavy atom. The number of benzene rings is 3. The summed E-state index contributed by atoms with van der Waals surface area (Å²) in [6, 6.07) is 23.2. The number of allylic oxidation sites excluding steroid dienone is 2. The summed E-state index contributed by atoms with van der Waals surface area (Å²) < 4.78 is 52.7. The van der Waals surface area contributed by atoms with Gasteiger partial charge in [0.05, 0.1) is 6.61 Å². The number of alkyl halides is 3. The summed E-state index contributed by atoms with van der Waals surface area (Å²) in [5.41, 5.74) is 3.17. The maximum atomic E-state index is 13.7. The fraction of sp³-hybridized carbons (Fsp3) is 0.412. The van der Waals surface area contributed by atoms with Crippen LogP contribution in [0.1, 0.15) is 56.7 Å². The Bertz CT molecular complexity index is 1270. The van der Waals surface area contributed by atoms with Gasteiger partial charge in [-0.2, -0.15) is 24.9 Å². The van der Waals surface area contributed by atoms with E-state index in [4.69, 9.17) is 32.4 Å². The molecule has 2 nitrogen and oxygen atoms in total. The molecule has 0 aliphatic carbocycles. The molecule has 3 aromatic carbocycles. The van der Waals surface area contributed by atoms with Crippen molar-refractivity contribution in [2.45, 2.75) is 76.0 Å². The first-order valence-corrected chi connectivity index (χ1v) is 19.1. The predicted molar refractivity (Wildman–Crippen MR) is 179 cm³/mol. The van der Waals surface area contributed by atoms with Gasteiger partial charge in [-0.3, -0.25) is 0 Å². The Morgan fingerprint density at radius 2 is 1.37 bits per heavy atom. The standard InChI is InChI=1S/C34H41Cl2F3O2SSi/c1-24(23-31(26-10-14-28(35)15-11-26)27-12-16-29(36)17-13-27)42-22-21-40-30-18-7-25(8-19-30)9-20-32(34(37,38)39)41-43(5,6)33(2,3)4/h7-8,10-20,24,31H,9,21-23H2,1-6H3. The largest absolute Gasteiger partial charge is 0.540 e. The molecular formula is C34H41Cl2F3O2SSi. The highest BCUT2D eigenvalue weighted by molar-refractivity contribution is 7.99. The first-order chi connectivity index (χ1) is 20.0. The van der Waals surface area contributed by atoms with Crippen LogP contribution < -0.4 is 4.74 Å². The van der Waals surface area contributed by atoms with Crippen LogP contribution >= 0.6 is 35.0 Å². The van der Waals surface area contributed by atoms with Crippen molar-refractivity contribution in [1.82, 2.24) is 0 Å². The molecule has 1 atom stereocenters. The van der Waals surface area contributed by atoms with Gasteiger partial charge in [0, 0.05) is 27.0 Å². The highest BCUT2D eigenvalue weighted by atomic mass is 35.5. The quantitative estimate of drug-likeness (QED) is 0.103. The minimum Gasteiger partial charge on any atom is -0.540 e. The highest BCUT2D eigenvalue weighted by Gasteiger charge is 2.45. The number of ether oxygens (including phenoxy) is 1. The summed E-state index contributed by atoms with van der Waals surface area (Å²) in [5.74, 6) is 0.804. The average Bonchev–Trinajstić information content (AvgIpc) is 2.92. The normalized spacial score (nSPS) is 13.7. The molecule has 0 spiro atoms. The zero-order valence-electron chi connectivity index (χ0n) is 25.6. The van der Waals surface area contributed by atoms with Crippen LogP contribution in [-0.2, 0) is 10.8 Å². The van der Waals surface area contributed by atoms with Gasteiger partial charge >= 0.3 is 6.18 Å². The summed E-state index contributed by atoms with van der Waals surface area (Å²) in [7, 11) is -2.62. The van der Waals surface area contributed by atoms with Crippen molar-refractivity contribution in [3.8, 4) is 5.75 Å². The molecule has 9 heteroatoms. The molecule has 0 saturated carbocycles. The lowest BCUT2D eigenvalue weighted by molar-refractivity contribution is -0.118. The first kappa shape index (κ1) is 35.4. The molecule has 0 bridgehead atoms. The van der Waals surface area contributed by atoms with E-state index in [9.17, 15) is 13.2 Å². The van der Waals surface area contributed by atoms with Gasteiger partial charge in [0.2, 0.25) is 8.32 Å². The molecule has 234 valence electrons. The van der Waals surface area contributed by atoms with E-state index in [1.54, 1.807) is 24.3 Å². The third-order valence-electron chi connectivity index (χ3n) is 7.76. The predicted octanol–water partition coefficient (Wildman–Crippen LogP) is 11.7. The van der Waals surface area contributed by atoms with Gasteiger partial charge in [0.1, 0.15) is 5.75 Å². The minimum absolute atomic E-state index is 0.125. The third kappa shape index (κ3) is 11.1. The van der Waals surface area contributed by atoms with Crippen LogP contribution in [0.2, 0.25) is 28.2 Å². The third-order valence-corrected chi connectivity index (χ3v) is 13.8. The monoisotopic (exact) mass is 668 g/mol. The fourth-order valence-electron chi connectivity index (χ4n) is 4.24. The van der Waals surface area contributed by atoms with Gasteiger partial charge in [-0.05, 0) is 90.1 Å². The van der Waals surface area contributed by atoms with Crippen molar-refractivity contribution in [3.05, 3.63) is 111 Å². The molecule has 0 amide bonds. The van der Waals surface area contributed by atoms with E-state index in [-0.39, 0.29) is 17.4 Å². The van der Waals surface area contributed by atoms with Crippen LogP contribution in [0, 0.1) is 0 Å².